The summed E-state index contributed by atoms with van der Waals surface area (Å²) >= 11 is 0. The van der Waals surface area contributed by atoms with Crippen molar-refractivity contribution >= 4 is 16.0 Å². The van der Waals surface area contributed by atoms with Crippen molar-refractivity contribution in [3.63, 3.8) is 0 Å². The second kappa shape index (κ2) is 6.06. The summed E-state index contributed by atoms with van der Waals surface area (Å²) in [5, 5.41) is 12.4. The van der Waals surface area contributed by atoms with E-state index < -0.39 is 22.0 Å². The first-order valence-corrected chi connectivity index (χ1v) is 7.68. The molecule has 1 atom stereocenters. The topological polar surface area (TPSA) is 101 Å². The Morgan fingerprint density at radius 3 is 2.67 bits per heavy atom. The summed E-state index contributed by atoms with van der Waals surface area (Å²) in [7, 11) is -3.75. The quantitative estimate of drug-likeness (QED) is 0.829. The van der Waals surface area contributed by atoms with Gasteiger partial charge in [0.15, 0.2) is 0 Å². The van der Waals surface area contributed by atoms with E-state index in [-0.39, 0.29) is 11.4 Å². The Balaban J connectivity index is 2.15. The Morgan fingerprint density at radius 1 is 1.38 bits per heavy atom. The molecular formula is C13H15N3O4S. The minimum absolute atomic E-state index is 0.0634. The highest BCUT2D eigenvalue weighted by Gasteiger charge is 2.20. The highest BCUT2D eigenvalue weighted by Crippen LogP contribution is 2.16. The van der Waals surface area contributed by atoms with Gasteiger partial charge in [0.05, 0.1) is 6.20 Å². The van der Waals surface area contributed by atoms with Gasteiger partial charge in [-0.1, -0.05) is 30.3 Å². The third-order valence-electron chi connectivity index (χ3n) is 2.85. The number of nitrogens with zero attached hydrogens (tertiary/aromatic N) is 2. The molecule has 1 aromatic carbocycles. The van der Waals surface area contributed by atoms with Crippen molar-refractivity contribution in [3.8, 4) is 0 Å². The van der Waals surface area contributed by atoms with E-state index in [1.807, 2.05) is 30.3 Å². The van der Waals surface area contributed by atoms with Gasteiger partial charge in [0, 0.05) is 12.2 Å². The van der Waals surface area contributed by atoms with Crippen molar-refractivity contribution in [1.29, 1.82) is 0 Å². The lowest BCUT2D eigenvalue weighted by Crippen LogP contribution is -2.26. The lowest BCUT2D eigenvalue weighted by molar-refractivity contribution is -0.137. The maximum atomic E-state index is 12.2. The van der Waals surface area contributed by atoms with Crippen LogP contribution in [0.1, 0.15) is 18.5 Å². The fourth-order valence-electron chi connectivity index (χ4n) is 1.82. The Kier molecular flexibility index (Phi) is 4.39. The second-order valence-corrected chi connectivity index (χ2v) is 6.23. The van der Waals surface area contributed by atoms with Crippen molar-refractivity contribution in [1.82, 2.24) is 14.5 Å². The normalized spacial score (nSPS) is 13.0. The Labute approximate surface area is 122 Å². The molecule has 2 rings (SSSR count). The molecule has 1 heterocycles. The van der Waals surface area contributed by atoms with Crippen LogP contribution in [-0.2, 0) is 21.4 Å². The van der Waals surface area contributed by atoms with Crippen LogP contribution >= 0.6 is 0 Å². The molecule has 0 radical (unpaired) electrons. The number of rotatable bonds is 6. The van der Waals surface area contributed by atoms with Gasteiger partial charge in [-0.2, -0.15) is 5.10 Å². The number of aromatic nitrogens is 2. The number of aliphatic carboxylic acids is 1. The molecule has 0 aliphatic heterocycles. The van der Waals surface area contributed by atoms with Crippen LogP contribution in [0.25, 0.3) is 0 Å². The van der Waals surface area contributed by atoms with Crippen LogP contribution in [0, 0.1) is 0 Å². The maximum Gasteiger partial charge on any atom is 0.325 e. The molecule has 0 aliphatic rings. The molecule has 0 fully saturated rings. The number of carbonyl (C=O) groups is 1. The molecule has 0 aliphatic carbocycles. The van der Waals surface area contributed by atoms with Crippen molar-refractivity contribution in [2.24, 2.45) is 0 Å². The molecule has 2 N–H and O–H groups in total. The van der Waals surface area contributed by atoms with Gasteiger partial charge in [0.1, 0.15) is 11.4 Å². The molecule has 0 saturated heterocycles. The molecular weight excluding hydrogens is 294 g/mol. The van der Waals surface area contributed by atoms with E-state index in [4.69, 9.17) is 5.11 Å². The summed E-state index contributed by atoms with van der Waals surface area (Å²) in [6.45, 7) is 1.35. The average Bonchev–Trinajstić information content (AvgIpc) is 2.88. The van der Waals surface area contributed by atoms with Crippen LogP contribution in [0.4, 0.5) is 0 Å². The molecule has 8 heteroatoms. The first-order valence-electron chi connectivity index (χ1n) is 6.20. The van der Waals surface area contributed by atoms with E-state index in [0.717, 1.165) is 16.4 Å². The molecule has 0 amide bonds. The molecule has 112 valence electrons. The van der Waals surface area contributed by atoms with E-state index >= 15 is 0 Å². The lowest BCUT2D eigenvalue weighted by Gasteiger charge is -2.13. The second-order valence-electron chi connectivity index (χ2n) is 4.52. The van der Waals surface area contributed by atoms with Gasteiger partial charge in [-0.05, 0) is 12.5 Å². The molecule has 21 heavy (non-hydrogen) atoms. The number of nitrogens with one attached hydrogen (secondary N) is 1. The van der Waals surface area contributed by atoms with Gasteiger partial charge >= 0.3 is 5.97 Å². The van der Waals surface area contributed by atoms with Gasteiger partial charge in [0.2, 0.25) is 10.0 Å². The third kappa shape index (κ3) is 3.89. The Bertz CT molecular complexity index is 725. The minimum Gasteiger partial charge on any atom is -0.480 e. The lowest BCUT2D eigenvalue weighted by atomic mass is 10.1. The smallest absolute Gasteiger partial charge is 0.325 e. The van der Waals surface area contributed by atoms with Crippen LogP contribution in [0.15, 0.2) is 47.6 Å². The highest BCUT2D eigenvalue weighted by atomic mass is 32.2. The molecule has 2 aromatic rings. The van der Waals surface area contributed by atoms with Crippen molar-refractivity contribution in [2.75, 3.05) is 0 Å². The summed E-state index contributed by atoms with van der Waals surface area (Å²) in [5.41, 5.74) is 0.832. The van der Waals surface area contributed by atoms with Crippen LogP contribution < -0.4 is 4.72 Å². The molecule has 0 spiro atoms. The van der Waals surface area contributed by atoms with E-state index in [1.165, 1.54) is 6.20 Å². The van der Waals surface area contributed by atoms with E-state index in [0.29, 0.717) is 0 Å². The summed E-state index contributed by atoms with van der Waals surface area (Å²) in [5.74, 6) is -1.09. The number of hydrogen-bond acceptors (Lipinski definition) is 4. The fourth-order valence-corrected chi connectivity index (χ4v) is 3.00. The van der Waals surface area contributed by atoms with Crippen molar-refractivity contribution in [3.05, 3.63) is 48.3 Å². The van der Waals surface area contributed by atoms with Crippen LogP contribution in [0.3, 0.4) is 0 Å². The first-order chi connectivity index (χ1) is 9.88. The zero-order chi connectivity index (χ0) is 15.5. The van der Waals surface area contributed by atoms with E-state index in [1.54, 1.807) is 6.92 Å². The summed E-state index contributed by atoms with van der Waals surface area (Å²) in [6, 6.07) is 8.73. The molecule has 0 unspecified atom stereocenters. The Hall–Kier alpha value is -2.19. The van der Waals surface area contributed by atoms with Gasteiger partial charge in [-0.3, -0.25) is 9.48 Å². The molecule has 0 bridgehead atoms. The maximum absolute atomic E-state index is 12.2. The van der Waals surface area contributed by atoms with E-state index in [9.17, 15) is 13.2 Å². The number of carboxylic acids is 1. The Morgan fingerprint density at radius 2 is 2.05 bits per heavy atom. The van der Waals surface area contributed by atoms with E-state index in [2.05, 4.69) is 9.82 Å². The monoisotopic (exact) mass is 309 g/mol. The average molecular weight is 309 g/mol. The van der Waals surface area contributed by atoms with Crippen LogP contribution in [0.2, 0.25) is 0 Å². The van der Waals surface area contributed by atoms with Gasteiger partial charge in [-0.25, -0.2) is 13.1 Å². The summed E-state index contributed by atoms with van der Waals surface area (Å²) in [4.78, 5) is 10.5. The van der Waals surface area contributed by atoms with Crippen LogP contribution in [0.5, 0.6) is 0 Å². The number of carboxylic acid groups (broad SMARTS) is 1. The zero-order valence-electron chi connectivity index (χ0n) is 11.3. The van der Waals surface area contributed by atoms with Crippen molar-refractivity contribution < 1.29 is 18.3 Å². The third-order valence-corrected chi connectivity index (χ3v) is 4.34. The molecule has 7 nitrogen and oxygen atoms in total. The minimum atomic E-state index is -3.75. The van der Waals surface area contributed by atoms with Crippen molar-refractivity contribution in [2.45, 2.75) is 24.4 Å². The number of hydrogen-bond donors (Lipinski definition) is 2. The van der Waals surface area contributed by atoms with Gasteiger partial charge in [0.25, 0.3) is 0 Å². The van der Waals surface area contributed by atoms with Gasteiger partial charge < -0.3 is 5.11 Å². The van der Waals surface area contributed by atoms with Crippen LogP contribution in [-0.4, -0.2) is 29.3 Å². The zero-order valence-corrected chi connectivity index (χ0v) is 12.1. The predicted octanol–water partition coefficient (Wildman–Crippen LogP) is 1.01. The molecule has 0 saturated carbocycles. The van der Waals surface area contributed by atoms with Gasteiger partial charge in [-0.15, -0.1) is 0 Å². The summed E-state index contributed by atoms with van der Waals surface area (Å²) in [6.07, 6.45) is 2.32. The fraction of sp³-hybridized carbons (Fsp3) is 0.231. The largest absolute Gasteiger partial charge is 0.480 e. The predicted molar refractivity (Wildman–Crippen MR) is 75.0 cm³/mol. The highest BCUT2D eigenvalue weighted by molar-refractivity contribution is 7.89. The SMILES string of the molecule is C[C@H](NS(=O)(=O)c1cnn(CC(=O)O)c1)c1ccccc1. The number of sulfonamides is 1. The summed E-state index contributed by atoms with van der Waals surface area (Å²) < 4.78 is 28.0. The molecule has 1 aromatic heterocycles. The number of benzene rings is 1. The standard InChI is InChI=1S/C13H15N3O4S/c1-10(11-5-3-2-4-6-11)15-21(19,20)12-7-14-16(8-12)9-13(17)18/h2-8,10,15H,9H2,1H3,(H,17,18)/t10-/m0/s1. The first kappa shape index (κ1) is 15.2.